The summed E-state index contributed by atoms with van der Waals surface area (Å²) in [5.74, 6) is -2.03. The Bertz CT molecular complexity index is 1040. The summed E-state index contributed by atoms with van der Waals surface area (Å²) in [7, 11) is 0.325. The van der Waals surface area contributed by atoms with Crippen LogP contribution in [0.15, 0.2) is 47.4 Å². The smallest absolute Gasteiger partial charge is 0.251 e. The molecule has 0 aromatic heterocycles. The molecule has 9 heteroatoms. The Labute approximate surface area is 194 Å². The van der Waals surface area contributed by atoms with Crippen LogP contribution in [0.3, 0.4) is 0 Å². The average Bonchev–Trinajstić information content (AvgIpc) is 3.18. The minimum Gasteiger partial charge on any atom is -0.380 e. The van der Waals surface area contributed by atoms with E-state index in [1.165, 1.54) is 6.07 Å². The van der Waals surface area contributed by atoms with Crippen LogP contribution in [0.25, 0.3) is 0 Å². The van der Waals surface area contributed by atoms with Crippen molar-refractivity contribution in [2.45, 2.75) is 24.0 Å². The van der Waals surface area contributed by atoms with Crippen molar-refractivity contribution in [2.24, 2.45) is 5.92 Å². The maximum absolute atomic E-state index is 14.6. The highest BCUT2D eigenvalue weighted by Gasteiger charge is 2.32. The standard InChI is InChI=1S/C24H30FN3O4S/c1-32-14-15-5-7-16(8-6-15)22(28-23(30)17-11-21(29)26-13-17)24(31)27-18-9-10-20(19(25)12-18)33(2,3)4/h5-10,12,17,22H,11,13-14H2,1-4H3,(H,26,29)(H,27,31)(H,28,30)/t17-,22-/m0/s1. The van der Waals surface area contributed by atoms with Crippen molar-refractivity contribution >= 4 is 33.4 Å². The van der Waals surface area contributed by atoms with Crippen LogP contribution >= 0.6 is 10.0 Å². The third-order valence-corrected chi connectivity index (χ3v) is 7.03. The number of benzene rings is 2. The Balaban J connectivity index is 1.83. The fraction of sp³-hybridized carbons (Fsp3) is 0.375. The van der Waals surface area contributed by atoms with Gasteiger partial charge in [0.2, 0.25) is 11.8 Å². The first-order valence-electron chi connectivity index (χ1n) is 10.5. The van der Waals surface area contributed by atoms with Gasteiger partial charge >= 0.3 is 0 Å². The molecule has 0 spiro atoms. The van der Waals surface area contributed by atoms with E-state index < -0.39 is 33.8 Å². The largest absolute Gasteiger partial charge is 0.380 e. The van der Waals surface area contributed by atoms with Gasteiger partial charge in [-0.15, -0.1) is 0 Å². The lowest BCUT2D eigenvalue weighted by Crippen LogP contribution is -2.40. The van der Waals surface area contributed by atoms with Gasteiger partial charge in [0.05, 0.1) is 12.5 Å². The topological polar surface area (TPSA) is 96.5 Å². The fourth-order valence-electron chi connectivity index (χ4n) is 3.61. The molecule has 1 aliphatic heterocycles. The molecule has 7 nitrogen and oxygen atoms in total. The number of carbonyl (C=O) groups excluding carboxylic acids is 3. The number of amides is 3. The van der Waals surface area contributed by atoms with Crippen molar-refractivity contribution in [3.63, 3.8) is 0 Å². The normalized spacial score (nSPS) is 17.2. The van der Waals surface area contributed by atoms with Gasteiger partial charge < -0.3 is 20.7 Å². The molecule has 3 rings (SSSR count). The van der Waals surface area contributed by atoms with Crippen molar-refractivity contribution < 1.29 is 23.5 Å². The molecule has 0 saturated carbocycles. The minimum atomic E-state index is -1.27. The third-order valence-electron chi connectivity index (χ3n) is 5.38. The lowest BCUT2D eigenvalue weighted by Gasteiger charge is -2.26. The van der Waals surface area contributed by atoms with Crippen LogP contribution in [0.5, 0.6) is 0 Å². The summed E-state index contributed by atoms with van der Waals surface area (Å²) in [6, 6.07) is 10.7. The highest BCUT2D eigenvalue weighted by molar-refractivity contribution is 8.32. The summed E-state index contributed by atoms with van der Waals surface area (Å²) >= 11 is 0. The second-order valence-electron chi connectivity index (χ2n) is 8.79. The molecular weight excluding hydrogens is 445 g/mol. The summed E-state index contributed by atoms with van der Waals surface area (Å²) < 4.78 is 19.8. The third kappa shape index (κ3) is 6.33. The maximum Gasteiger partial charge on any atom is 0.251 e. The summed E-state index contributed by atoms with van der Waals surface area (Å²) in [5.41, 5.74) is 1.78. The first kappa shape index (κ1) is 24.7. The van der Waals surface area contributed by atoms with Crippen LogP contribution < -0.4 is 16.0 Å². The van der Waals surface area contributed by atoms with E-state index in [1.807, 2.05) is 30.9 Å². The molecule has 0 radical (unpaired) electrons. The van der Waals surface area contributed by atoms with E-state index in [1.54, 1.807) is 31.4 Å². The molecule has 3 N–H and O–H groups in total. The van der Waals surface area contributed by atoms with Crippen LogP contribution in [-0.4, -0.2) is 50.1 Å². The van der Waals surface area contributed by atoms with Crippen LogP contribution in [0, 0.1) is 11.7 Å². The van der Waals surface area contributed by atoms with Gasteiger partial charge in [-0.3, -0.25) is 14.4 Å². The molecule has 1 saturated heterocycles. The van der Waals surface area contributed by atoms with Gasteiger partial charge in [-0.2, -0.15) is 0 Å². The fourth-order valence-corrected chi connectivity index (χ4v) is 4.73. The predicted molar refractivity (Wildman–Crippen MR) is 128 cm³/mol. The van der Waals surface area contributed by atoms with Crippen LogP contribution in [0.2, 0.25) is 0 Å². The highest BCUT2D eigenvalue weighted by atomic mass is 32.3. The first-order chi connectivity index (χ1) is 15.6. The van der Waals surface area contributed by atoms with Gasteiger partial charge in [-0.25, -0.2) is 14.4 Å². The van der Waals surface area contributed by atoms with E-state index in [4.69, 9.17) is 4.74 Å². The zero-order chi connectivity index (χ0) is 24.2. The number of hydrogen-bond donors (Lipinski definition) is 3. The quantitative estimate of drug-likeness (QED) is 0.547. The number of hydrogen-bond acceptors (Lipinski definition) is 4. The van der Waals surface area contributed by atoms with E-state index in [2.05, 4.69) is 16.0 Å². The highest BCUT2D eigenvalue weighted by Crippen LogP contribution is 2.46. The zero-order valence-corrected chi connectivity index (χ0v) is 20.1. The van der Waals surface area contributed by atoms with Gasteiger partial charge in [-0.1, -0.05) is 24.3 Å². The molecule has 3 amide bonds. The molecule has 2 aromatic rings. The van der Waals surface area contributed by atoms with Gasteiger partial charge in [0.1, 0.15) is 11.9 Å². The van der Waals surface area contributed by atoms with E-state index >= 15 is 0 Å². The van der Waals surface area contributed by atoms with E-state index in [0.29, 0.717) is 22.8 Å². The first-order valence-corrected chi connectivity index (χ1v) is 13.4. The van der Waals surface area contributed by atoms with Gasteiger partial charge in [0.15, 0.2) is 0 Å². The van der Waals surface area contributed by atoms with E-state index in [0.717, 1.165) is 5.56 Å². The summed E-state index contributed by atoms with van der Waals surface area (Å²) in [6.07, 6.45) is 6.05. The average molecular weight is 476 g/mol. The lowest BCUT2D eigenvalue weighted by atomic mass is 10.0. The molecule has 1 heterocycles. The second-order valence-corrected chi connectivity index (χ2v) is 12.9. The Kier molecular flexibility index (Phi) is 7.76. The summed E-state index contributed by atoms with van der Waals surface area (Å²) in [6.45, 7) is 0.647. The van der Waals surface area contributed by atoms with Crippen molar-refractivity contribution in [3.05, 3.63) is 59.4 Å². The van der Waals surface area contributed by atoms with Crippen LogP contribution in [0.4, 0.5) is 10.1 Å². The number of anilines is 1. The SMILES string of the molecule is COCc1ccc([C@H](NC(=O)[C@@H]2CNC(=O)C2)C(=O)Nc2ccc(S(C)(C)C)c(F)c2)cc1. The number of rotatable bonds is 8. The molecule has 1 aliphatic rings. The van der Waals surface area contributed by atoms with Gasteiger partial charge in [0.25, 0.3) is 5.91 Å². The number of methoxy groups -OCH3 is 1. The van der Waals surface area contributed by atoms with E-state index in [-0.39, 0.29) is 24.7 Å². The Morgan fingerprint density at radius 1 is 1.18 bits per heavy atom. The van der Waals surface area contributed by atoms with Gasteiger partial charge in [0, 0.05) is 30.7 Å². The van der Waals surface area contributed by atoms with Crippen molar-refractivity contribution in [1.82, 2.24) is 10.6 Å². The molecule has 1 fully saturated rings. The molecule has 2 aromatic carbocycles. The number of ether oxygens (including phenoxy) is 1. The minimum absolute atomic E-state index is 0.0781. The molecule has 0 aliphatic carbocycles. The summed E-state index contributed by atoms with van der Waals surface area (Å²) in [4.78, 5) is 38.1. The Morgan fingerprint density at radius 2 is 1.88 bits per heavy atom. The maximum atomic E-state index is 14.6. The summed E-state index contributed by atoms with van der Waals surface area (Å²) in [5, 5.41) is 8.09. The van der Waals surface area contributed by atoms with Gasteiger partial charge in [-0.05, 0) is 48.1 Å². The number of nitrogens with one attached hydrogen (secondary N) is 3. The molecule has 0 bridgehead atoms. The monoisotopic (exact) mass is 475 g/mol. The van der Waals surface area contributed by atoms with Crippen LogP contribution in [-0.2, 0) is 25.7 Å². The Hall–Kier alpha value is -2.91. The van der Waals surface area contributed by atoms with E-state index in [9.17, 15) is 18.8 Å². The Morgan fingerprint density at radius 3 is 2.42 bits per heavy atom. The zero-order valence-electron chi connectivity index (χ0n) is 19.2. The van der Waals surface area contributed by atoms with Crippen molar-refractivity contribution in [3.8, 4) is 0 Å². The molecular formula is C24H30FN3O4S. The number of carbonyl (C=O) groups is 3. The van der Waals surface area contributed by atoms with Crippen molar-refractivity contribution in [2.75, 3.05) is 37.7 Å². The molecule has 0 unspecified atom stereocenters. The predicted octanol–water partition coefficient (Wildman–Crippen LogP) is 2.96. The second kappa shape index (κ2) is 10.4. The number of halogens is 1. The molecule has 2 atom stereocenters. The lowest BCUT2D eigenvalue weighted by molar-refractivity contribution is -0.129. The van der Waals surface area contributed by atoms with Crippen LogP contribution in [0.1, 0.15) is 23.6 Å². The molecule has 178 valence electrons. The molecule has 33 heavy (non-hydrogen) atoms. The van der Waals surface area contributed by atoms with Crippen molar-refractivity contribution in [1.29, 1.82) is 0 Å².